The average Bonchev–Trinajstić information content (AvgIpc) is 3.31. The summed E-state index contributed by atoms with van der Waals surface area (Å²) in [5, 5.41) is 11.2. The summed E-state index contributed by atoms with van der Waals surface area (Å²) in [4.78, 5) is 11.5. The molecule has 2 aromatic heterocycles. The van der Waals surface area contributed by atoms with Gasteiger partial charge in [0.2, 0.25) is 0 Å². The minimum Gasteiger partial charge on any atom is -0.356 e. The van der Waals surface area contributed by atoms with E-state index in [1.807, 2.05) is 25.0 Å². The Morgan fingerprint density at radius 2 is 2.32 bits per heavy atom. The van der Waals surface area contributed by atoms with Crippen molar-refractivity contribution in [2.45, 2.75) is 38.5 Å². The largest absolute Gasteiger partial charge is 0.356 e. The molecule has 3 rings (SSSR count). The first-order chi connectivity index (χ1) is 12.1. The second kappa shape index (κ2) is 7.99. The summed E-state index contributed by atoms with van der Waals surface area (Å²) in [6, 6.07) is 0. The van der Waals surface area contributed by atoms with Crippen molar-refractivity contribution >= 4 is 17.3 Å². The van der Waals surface area contributed by atoms with Gasteiger partial charge in [-0.3, -0.25) is 9.67 Å². The minimum atomic E-state index is 0.508. The van der Waals surface area contributed by atoms with Crippen molar-refractivity contribution in [3.8, 4) is 0 Å². The molecule has 2 aromatic rings. The molecule has 1 aliphatic rings. The predicted molar refractivity (Wildman–Crippen MR) is 103 cm³/mol. The van der Waals surface area contributed by atoms with Gasteiger partial charge in [-0.15, -0.1) is 11.3 Å². The third-order valence-electron chi connectivity index (χ3n) is 4.62. The first-order valence-corrected chi connectivity index (χ1v) is 9.83. The van der Waals surface area contributed by atoms with Crippen LogP contribution < -0.4 is 5.32 Å². The van der Waals surface area contributed by atoms with Gasteiger partial charge < -0.3 is 10.2 Å². The van der Waals surface area contributed by atoms with Crippen LogP contribution in [-0.4, -0.2) is 52.3 Å². The predicted octanol–water partition coefficient (Wildman–Crippen LogP) is 2.61. The van der Waals surface area contributed by atoms with Gasteiger partial charge in [0.05, 0.1) is 16.9 Å². The standard InChI is InChI=1S/C18H28N6S/c1-13(2)17-22-16(12-25-17)5-7-20-18(19-3)24-8-6-14(11-24)15-9-21-23(4)10-15/h9-10,12-14H,5-8,11H2,1-4H3,(H,19,20). The van der Waals surface area contributed by atoms with Crippen molar-refractivity contribution in [3.63, 3.8) is 0 Å². The van der Waals surface area contributed by atoms with E-state index >= 15 is 0 Å². The number of hydrogen-bond donors (Lipinski definition) is 1. The molecule has 0 saturated carbocycles. The SMILES string of the molecule is CN=C(NCCc1csc(C(C)C)n1)N1CCC(c2cnn(C)c2)C1. The van der Waals surface area contributed by atoms with Crippen molar-refractivity contribution in [2.24, 2.45) is 12.0 Å². The summed E-state index contributed by atoms with van der Waals surface area (Å²) >= 11 is 1.76. The van der Waals surface area contributed by atoms with Crippen molar-refractivity contribution in [1.82, 2.24) is 25.0 Å². The van der Waals surface area contributed by atoms with Gasteiger partial charge in [0.1, 0.15) is 0 Å². The zero-order valence-corrected chi connectivity index (χ0v) is 16.4. The highest BCUT2D eigenvalue weighted by atomic mass is 32.1. The molecule has 0 aliphatic carbocycles. The Labute approximate surface area is 154 Å². The van der Waals surface area contributed by atoms with Gasteiger partial charge in [0.15, 0.2) is 5.96 Å². The van der Waals surface area contributed by atoms with Crippen LogP contribution in [0.2, 0.25) is 0 Å². The first kappa shape index (κ1) is 17.9. The van der Waals surface area contributed by atoms with Crippen molar-refractivity contribution in [2.75, 3.05) is 26.7 Å². The molecular weight excluding hydrogens is 332 g/mol. The number of nitrogens with one attached hydrogen (secondary N) is 1. The van der Waals surface area contributed by atoms with E-state index in [2.05, 4.69) is 45.7 Å². The molecule has 1 saturated heterocycles. The molecule has 1 N–H and O–H groups in total. The Morgan fingerprint density at radius 3 is 2.96 bits per heavy atom. The normalized spacial score (nSPS) is 18.4. The maximum atomic E-state index is 4.70. The average molecular weight is 361 g/mol. The molecule has 1 atom stereocenters. The Balaban J connectivity index is 1.49. The maximum absolute atomic E-state index is 4.70. The monoisotopic (exact) mass is 360 g/mol. The Morgan fingerprint density at radius 1 is 1.48 bits per heavy atom. The number of hydrogen-bond acceptors (Lipinski definition) is 4. The number of aromatic nitrogens is 3. The molecule has 6 nitrogen and oxygen atoms in total. The van der Waals surface area contributed by atoms with Crippen LogP contribution in [0.1, 0.15) is 48.4 Å². The van der Waals surface area contributed by atoms with Gasteiger partial charge in [-0.25, -0.2) is 4.98 Å². The van der Waals surface area contributed by atoms with E-state index in [0.29, 0.717) is 11.8 Å². The fraction of sp³-hybridized carbons (Fsp3) is 0.611. The van der Waals surface area contributed by atoms with Crippen LogP contribution in [0.4, 0.5) is 0 Å². The lowest BCUT2D eigenvalue weighted by Gasteiger charge is -2.21. The number of thiazole rings is 1. The molecule has 0 radical (unpaired) electrons. The number of guanidine groups is 1. The zero-order chi connectivity index (χ0) is 17.8. The lowest BCUT2D eigenvalue weighted by atomic mass is 10.0. The number of likely N-dealkylation sites (tertiary alicyclic amines) is 1. The number of aliphatic imine (C=N–C) groups is 1. The summed E-state index contributed by atoms with van der Waals surface area (Å²) < 4.78 is 1.88. The number of aryl methyl sites for hydroxylation is 1. The minimum absolute atomic E-state index is 0.508. The Hall–Kier alpha value is -1.89. The molecule has 0 amide bonds. The second-order valence-electron chi connectivity index (χ2n) is 6.93. The third-order valence-corrected chi connectivity index (χ3v) is 5.82. The zero-order valence-electron chi connectivity index (χ0n) is 15.6. The van der Waals surface area contributed by atoms with Crippen LogP contribution in [0.15, 0.2) is 22.8 Å². The topological polar surface area (TPSA) is 58.3 Å². The van der Waals surface area contributed by atoms with Crippen LogP contribution in [0.3, 0.4) is 0 Å². The molecule has 0 bridgehead atoms. The van der Waals surface area contributed by atoms with Gasteiger partial charge in [-0.1, -0.05) is 13.8 Å². The van der Waals surface area contributed by atoms with E-state index in [0.717, 1.165) is 38.4 Å². The van der Waals surface area contributed by atoms with E-state index in [9.17, 15) is 0 Å². The van der Waals surface area contributed by atoms with Crippen molar-refractivity contribution in [1.29, 1.82) is 0 Å². The second-order valence-corrected chi connectivity index (χ2v) is 7.82. The van der Waals surface area contributed by atoms with Gasteiger partial charge in [-0.05, 0) is 12.0 Å². The summed E-state index contributed by atoms with van der Waals surface area (Å²) in [5.41, 5.74) is 2.50. The molecule has 1 aliphatic heterocycles. The van der Waals surface area contributed by atoms with Crippen LogP contribution >= 0.6 is 11.3 Å². The molecule has 136 valence electrons. The van der Waals surface area contributed by atoms with Gasteiger partial charge in [-0.2, -0.15) is 5.10 Å². The third kappa shape index (κ3) is 4.39. The molecule has 3 heterocycles. The quantitative estimate of drug-likeness (QED) is 0.658. The smallest absolute Gasteiger partial charge is 0.193 e. The lowest BCUT2D eigenvalue weighted by Crippen LogP contribution is -2.40. The van der Waals surface area contributed by atoms with Crippen LogP contribution in [-0.2, 0) is 13.5 Å². The van der Waals surface area contributed by atoms with E-state index in [4.69, 9.17) is 4.98 Å². The van der Waals surface area contributed by atoms with Gasteiger partial charge in [0.25, 0.3) is 0 Å². The fourth-order valence-electron chi connectivity index (χ4n) is 3.21. The molecule has 25 heavy (non-hydrogen) atoms. The molecule has 0 spiro atoms. The van der Waals surface area contributed by atoms with E-state index in [-0.39, 0.29) is 0 Å². The van der Waals surface area contributed by atoms with E-state index < -0.39 is 0 Å². The first-order valence-electron chi connectivity index (χ1n) is 8.95. The van der Waals surface area contributed by atoms with Crippen LogP contribution in [0.5, 0.6) is 0 Å². The molecule has 1 unspecified atom stereocenters. The number of nitrogens with zero attached hydrogens (tertiary/aromatic N) is 5. The summed E-state index contributed by atoms with van der Waals surface area (Å²) in [6.07, 6.45) is 6.19. The van der Waals surface area contributed by atoms with E-state index in [1.165, 1.54) is 16.3 Å². The molecular formula is C18H28N6S. The highest BCUT2D eigenvalue weighted by molar-refractivity contribution is 7.09. The summed E-state index contributed by atoms with van der Waals surface area (Å²) in [5.74, 6) is 2.04. The van der Waals surface area contributed by atoms with Gasteiger partial charge >= 0.3 is 0 Å². The lowest BCUT2D eigenvalue weighted by molar-refractivity contribution is 0.486. The maximum Gasteiger partial charge on any atom is 0.193 e. The molecule has 0 aromatic carbocycles. The highest BCUT2D eigenvalue weighted by Gasteiger charge is 2.26. The Bertz CT molecular complexity index is 717. The fourth-order valence-corrected chi connectivity index (χ4v) is 4.08. The van der Waals surface area contributed by atoms with Crippen molar-refractivity contribution < 1.29 is 0 Å². The number of rotatable bonds is 5. The van der Waals surface area contributed by atoms with Crippen molar-refractivity contribution in [3.05, 3.63) is 34.0 Å². The highest BCUT2D eigenvalue weighted by Crippen LogP contribution is 2.26. The van der Waals surface area contributed by atoms with Crippen LogP contribution in [0.25, 0.3) is 0 Å². The summed E-state index contributed by atoms with van der Waals surface area (Å²) in [7, 11) is 3.83. The van der Waals surface area contributed by atoms with Crippen LogP contribution in [0, 0.1) is 0 Å². The molecule has 1 fully saturated rings. The molecule has 7 heteroatoms. The van der Waals surface area contributed by atoms with Gasteiger partial charge in [0, 0.05) is 63.6 Å². The summed E-state index contributed by atoms with van der Waals surface area (Å²) in [6.45, 7) is 7.28. The Kier molecular flexibility index (Phi) is 5.73. The van der Waals surface area contributed by atoms with E-state index in [1.54, 1.807) is 11.3 Å².